The zero-order valence-corrected chi connectivity index (χ0v) is 8.03. The minimum absolute atomic E-state index is 0.147. The maximum atomic E-state index is 9.62. The van der Waals surface area contributed by atoms with Crippen molar-refractivity contribution in [1.82, 2.24) is 0 Å². The van der Waals surface area contributed by atoms with Gasteiger partial charge >= 0.3 is 0 Å². The summed E-state index contributed by atoms with van der Waals surface area (Å²) in [6.07, 6.45) is 0.605. The maximum Gasteiger partial charge on any atom is 0.195 e. The lowest BCUT2D eigenvalue weighted by molar-refractivity contribution is -0.269. The minimum atomic E-state index is -0.599. The molecule has 2 bridgehead atoms. The Balaban J connectivity index is 2.18. The normalized spacial score (nSPS) is 49.6. The fourth-order valence-corrected chi connectivity index (χ4v) is 2.15. The smallest absolute Gasteiger partial charge is 0.195 e. The highest BCUT2D eigenvalue weighted by Gasteiger charge is 2.54. The second-order valence-electron chi connectivity index (χ2n) is 3.66. The first-order valence-corrected chi connectivity index (χ1v) is 4.74. The van der Waals surface area contributed by atoms with Crippen molar-refractivity contribution in [1.29, 1.82) is 0 Å². The van der Waals surface area contributed by atoms with Crippen LogP contribution in [0, 0.1) is 0 Å². The lowest BCUT2D eigenvalue weighted by Crippen LogP contribution is -2.51. The quantitative estimate of drug-likeness (QED) is 0.676. The van der Waals surface area contributed by atoms with Gasteiger partial charge in [-0.25, -0.2) is 0 Å². The lowest BCUT2D eigenvalue weighted by Gasteiger charge is -2.39. The van der Waals surface area contributed by atoms with E-state index in [9.17, 15) is 5.11 Å². The SMILES string of the molecule is CCC12OC[C@@H](O1)[C@@H](O)C[C@H]2OC. The Morgan fingerprint density at radius 1 is 1.62 bits per heavy atom. The van der Waals surface area contributed by atoms with Crippen LogP contribution in [0.1, 0.15) is 19.8 Å². The Morgan fingerprint density at radius 3 is 3.00 bits per heavy atom. The van der Waals surface area contributed by atoms with Crippen molar-refractivity contribution in [2.45, 2.75) is 43.9 Å². The number of hydrogen-bond acceptors (Lipinski definition) is 4. The van der Waals surface area contributed by atoms with Crippen molar-refractivity contribution in [3.63, 3.8) is 0 Å². The number of aliphatic hydroxyl groups excluding tert-OH is 1. The topological polar surface area (TPSA) is 47.9 Å². The standard InChI is InChI=1S/C9H16O4/c1-3-9-8(11-2)4-6(10)7(13-9)5-12-9/h6-8,10H,3-5H2,1-2H3/t6-,7+,8+,9?/m0/s1. The van der Waals surface area contributed by atoms with Crippen LogP contribution in [0.3, 0.4) is 0 Å². The second kappa shape index (κ2) is 3.20. The summed E-state index contributed by atoms with van der Waals surface area (Å²) in [5.41, 5.74) is 0. The Labute approximate surface area is 77.8 Å². The van der Waals surface area contributed by atoms with E-state index in [-0.39, 0.29) is 12.2 Å². The van der Waals surface area contributed by atoms with Crippen molar-refractivity contribution >= 4 is 0 Å². The van der Waals surface area contributed by atoms with Crippen LogP contribution < -0.4 is 0 Å². The Bertz CT molecular complexity index is 196. The summed E-state index contributed by atoms with van der Waals surface area (Å²) < 4.78 is 16.5. The predicted molar refractivity (Wildman–Crippen MR) is 45.3 cm³/mol. The van der Waals surface area contributed by atoms with Crippen molar-refractivity contribution in [3.05, 3.63) is 0 Å². The van der Waals surface area contributed by atoms with Crippen molar-refractivity contribution < 1.29 is 19.3 Å². The average molecular weight is 188 g/mol. The third-order valence-electron chi connectivity index (χ3n) is 3.00. The number of methoxy groups -OCH3 is 1. The number of hydrogen-bond donors (Lipinski definition) is 1. The molecule has 0 amide bonds. The van der Waals surface area contributed by atoms with Crippen LogP contribution in [0.4, 0.5) is 0 Å². The average Bonchev–Trinajstić information content (AvgIpc) is 2.54. The molecule has 2 rings (SSSR count). The summed E-state index contributed by atoms with van der Waals surface area (Å²) >= 11 is 0. The van der Waals surface area contributed by atoms with Gasteiger partial charge in [-0.2, -0.15) is 0 Å². The first-order chi connectivity index (χ1) is 6.22. The molecule has 0 aromatic rings. The van der Waals surface area contributed by atoms with Gasteiger partial charge in [-0.05, 0) is 0 Å². The van der Waals surface area contributed by atoms with E-state index in [0.29, 0.717) is 13.0 Å². The molecule has 0 aliphatic carbocycles. The van der Waals surface area contributed by atoms with E-state index in [4.69, 9.17) is 14.2 Å². The van der Waals surface area contributed by atoms with E-state index in [1.54, 1.807) is 7.11 Å². The molecule has 2 saturated heterocycles. The summed E-state index contributed by atoms with van der Waals surface area (Å²) in [7, 11) is 1.63. The Kier molecular flexibility index (Phi) is 2.32. The number of rotatable bonds is 2. The highest BCUT2D eigenvalue weighted by Crippen LogP contribution is 2.40. The van der Waals surface area contributed by atoms with Crippen LogP contribution in [0.25, 0.3) is 0 Å². The van der Waals surface area contributed by atoms with Gasteiger partial charge < -0.3 is 19.3 Å². The molecule has 1 unspecified atom stereocenters. The van der Waals surface area contributed by atoms with Crippen LogP contribution in [0.2, 0.25) is 0 Å². The van der Waals surface area contributed by atoms with E-state index >= 15 is 0 Å². The molecule has 4 nitrogen and oxygen atoms in total. The predicted octanol–water partition coefficient (Wildman–Crippen LogP) is 0.288. The zero-order chi connectivity index (χ0) is 9.47. The Hall–Kier alpha value is -0.160. The van der Waals surface area contributed by atoms with Gasteiger partial charge in [0, 0.05) is 20.0 Å². The van der Waals surface area contributed by atoms with Gasteiger partial charge in [0.25, 0.3) is 0 Å². The first-order valence-electron chi connectivity index (χ1n) is 4.74. The fourth-order valence-electron chi connectivity index (χ4n) is 2.15. The summed E-state index contributed by atoms with van der Waals surface area (Å²) in [6, 6.07) is 0. The molecule has 2 fully saturated rings. The third-order valence-corrected chi connectivity index (χ3v) is 3.00. The molecule has 4 heteroatoms. The third kappa shape index (κ3) is 1.29. The molecule has 1 N–H and O–H groups in total. The van der Waals surface area contributed by atoms with Crippen molar-refractivity contribution in [3.8, 4) is 0 Å². The molecule has 2 aliphatic heterocycles. The molecule has 0 aromatic heterocycles. The number of ether oxygens (including phenoxy) is 3. The van der Waals surface area contributed by atoms with Crippen molar-refractivity contribution in [2.75, 3.05) is 13.7 Å². The van der Waals surface area contributed by atoms with E-state index < -0.39 is 11.9 Å². The lowest BCUT2D eigenvalue weighted by atomic mass is 9.96. The molecule has 4 atom stereocenters. The fraction of sp³-hybridized carbons (Fsp3) is 1.00. The van der Waals surface area contributed by atoms with Gasteiger partial charge in [0.15, 0.2) is 5.79 Å². The molecular formula is C9H16O4. The minimum Gasteiger partial charge on any atom is -0.390 e. The summed E-state index contributed by atoms with van der Waals surface area (Å²) in [5, 5.41) is 9.62. The van der Waals surface area contributed by atoms with Gasteiger partial charge in [-0.1, -0.05) is 6.92 Å². The van der Waals surface area contributed by atoms with Gasteiger partial charge in [0.05, 0.1) is 12.7 Å². The molecule has 0 aromatic carbocycles. The van der Waals surface area contributed by atoms with Crippen molar-refractivity contribution in [2.24, 2.45) is 0 Å². The van der Waals surface area contributed by atoms with Crippen LogP contribution in [-0.2, 0) is 14.2 Å². The molecule has 2 heterocycles. The van der Waals surface area contributed by atoms with Crippen LogP contribution in [0.15, 0.2) is 0 Å². The zero-order valence-electron chi connectivity index (χ0n) is 8.03. The molecule has 76 valence electrons. The van der Waals surface area contributed by atoms with E-state index in [1.165, 1.54) is 0 Å². The summed E-state index contributed by atoms with van der Waals surface area (Å²) in [5.74, 6) is -0.599. The molecule has 0 radical (unpaired) electrons. The highest BCUT2D eigenvalue weighted by molar-refractivity contribution is 4.95. The summed E-state index contributed by atoms with van der Waals surface area (Å²) in [6.45, 7) is 2.49. The van der Waals surface area contributed by atoms with E-state index in [2.05, 4.69) is 0 Å². The second-order valence-corrected chi connectivity index (χ2v) is 3.66. The van der Waals surface area contributed by atoms with Gasteiger partial charge in [-0.3, -0.25) is 0 Å². The van der Waals surface area contributed by atoms with Crippen LogP contribution >= 0.6 is 0 Å². The van der Waals surface area contributed by atoms with Crippen LogP contribution in [0.5, 0.6) is 0 Å². The largest absolute Gasteiger partial charge is 0.390 e. The van der Waals surface area contributed by atoms with Gasteiger partial charge in [0.2, 0.25) is 0 Å². The molecule has 0 spiro atoms. The molecule has 2 aliphatic rings. The van der Waals surface area contributed by atoms with Crippen LogP contribution in [-0.4, -0.2) is 42.9 Å². The Morgan fingerprint density at radius 2 is 2.38 bits per heavy atom. The van der Waals surface area contributed by atoms with Gasteiger partial charge in [0.1, 0.15) is 12.2 Å². The molecule has 0 saturated carbocycles. The van der Waals surface area contributed by atoms with E-state index in [0.717, 1.165) is 6.42 Å². The highest BCUT2D eigenvalue weighted by atomic mass is 16.8. The monoisotopic (exact) mass is 188 g/mol. The van der Waals surface area contributed by atoms with Gasteiger partial charge in [-0.15, -0.1) is 0 Å². The first kappa shape index (κ1) is 9.40. The number of fused-ring (bicyclic) bond motifs is 2. The maximum absolute atomic E-state index is 9.62. The van der Waals surface area contributed by atoms with E-state index in [1.807, 2.05) is 6.92 Å². The number of aliphatic hydroxyl groups is 1. The molecular weight excluding hydrogens is 172 g/mol. The molecule has 13 heavy (non-hydrogen) atoms. The summed E-state index contributed by atoms with van der Waals surface area (Å²) in [4.78, 5) is 0.